The first-order valence-electron chi connectivity index (χ1n) is 7.14. The summed E-state index contributed by atoms with van der Waals surface area (Å²) in [4.78, 5) is 5.98. The van der Waals surface area contributed by atoms with Gasteiger partial charge in [-0.25, -0.2) is 13.4 Å². The zero-order valence-electron chi connectivity index (χ0n) is 12.2. The highest BCUT2D eigenvalue weighted by molar-refractivity contribution is 7.92. The lowest BCUT2D eigenvalue weighted by atomic mass is 10.2. The van der Waals surface area contributed by atoms with Crippen molar-refractivity contribution in [1.82, 2.24) is 4.98 Å². The van der Waals surface area contributed by atoms with Gasteiger partial charge in [-0.2, -0.15) is 0 Å². The van der Waals surface area contributed by atoms with Gasteiger partial charge in [0, 0.05) is 25.0 Å². The molecule has 23 heavy (non-hydrogen) atoms. The predicted molar refractivity (Wildman–Crippen MR) is 93.0 cm³/mol. The molecule has 1 fully saturated rings. The summed E-state index contributed by atoms with van der Waals surface area (Å²) in [5, 5.41) is 0.169. The summed E-state index contributed by atoms with van der Waals surface area (Å²) in [5.74, 6) is 0. The van der Waals surface area contributed by atoms with Crippen molar-refractivity contribution in [3.63, 3.8) is 0 Å². The van der Waals surface area contributed by atoms with Crippen LogP contribution in [-0.4, -0.2) is 26.5 Å². The van der Waals surface area contributed by atoms with Crippen LogP contribution in [0, 0.1) is 0 Å². The second-order valence-electron chi connectivity index (χ2n) is 5.29. The average molecular weight is 372 g/mol. The Morgan fingerprint density at radius 3 is 2.57 bits per heavy atom. The number of sulfonamides is 1. The number of halogens is 2. The van der Waals surface area contributed by atoms with E-state index in [1.807, 2.05) is 18.2 Å². The van der Waals surface area contributed by atoms with Crippen molar-refractivity contribution in [3.05, 3.63) is 46.7 Å². The summed E-state index contributed by atoms with van der Waals surface area (Å²) in [6, 6.07) is 8.63. The molecule has 1 aliphatic rings. The minimum absolute atomic E-state index is 0.0292. The molecule has 0 bridgehead atoms. The first kappa shape index (κ1) is 16.4. The highest BCUT2D eigenvalue weighted by Gasteiger charge is 2.18. The highest BCUT2D eigenvalue weighted by atomic mass is 35.5. The Kier molecular flexibility index (Phi) is 4.66. The fourth-order valence-corrected chi connectivity index (χ4v) is 3.86. The largest absolute Gasteiger partial charge is 0.371 e. The minimum Gasteiger partial charge on any atom is -0.371 e. The number of hydrogen-bond donors (Lipinski definition) is 1. The van der Waals surface area contributed by atoms with Crippen molar-refractivity contribution in [2.24, 2.45) is 0 Å². The van der Waals surface area contributed by atoms with Crippen molar-refractivity contribution < 1.29 is 8.42 Å². The SMILES string of the molecule is O=S(=O)(Nc1cccc(N2CCCC2)c1)c1cnc(Cl)c(Cl)c1. The average Bonchev–Trinajstić information content (AvgIpc) is 3.04. The fraction of sp³-hybridized carbons (Fsp3) is 0.267. The Morgan fingerprint density at radius 2 is 1.87 bits per heavy atom. The third-order valence-electron chi connectivity index (χ3n) is 3.65. The summed E-state index contributed by atoms with van der Waals surface area (Å²) in [7, 11) is -3.77. The van der Waals surface area contributed by atoms with Crippen LogP contribution in [0.3, 0.4) is 0 Å². The first-order chi connectivity index (χ1) is 11.0. The van der Waals surface area contributed by atoms with Gasteiger partial charge in [-0.05, 0) is 37.1 Å². The first-order valence-corrected chi connectivity index (χ1v) is 9.38. The van der Waals surface area contributed by atoms with Gasteiger partial charge in [0.15, 0.2) is 0 Å². The number of pyridine rings is 1. The molecule has 1 N–H and O–H groups in total. The summed E-state index contributed by atoms with van der Waals surface area (Å²) >= 11 is 11.6. The number of hydrogen-bond acceptors (Lipinski definition) is 4. The lowest BCUT2D eigenvalue weighted by Crippen LogP contribution is -2.18. The van der Waals surface area contributed by atoms with E-state index in [1.165, 1.54) is 12.3 Å². The van der Waals surface area contributed by atoms with Gasteiger partial charge in [-0.1, -0.05) is 29.3 Å². The maximum absolute atomic E-state index is 12.4. The maximum Gasteiger partial charge on any atom is 0.263 e. The minimum atomic E-state index is -3.77. The van der Waals surface area contributed by atoms with Gasteiger partial charge in [0.1, 0.15) is 10.0 Å². The Labute approximate surface area is 145 Å². The molecule has 0 amide bonds. The summed E-state index contributed by atoms with van der Waals surface area (Å²) in [6.45, 7) is 1.99. The van der Waals surface area contributed by atoms with Crippen LogP contribution < -0.4 is 9.62 Å². The number of nitrogens with zero attached hydrogens (tertiary/aromatic N) is 2. The van der Waals surface area contributed by atoms with Gasteiger partial charge in [0.25, 0.3) is 10.0 Å². The lowest BCUT2D eigenvalue weighted by molar-refractivity contribution is 0.601. The Morgan fingerprint density at radius 1 is 1.13 bits per heavy atom. The molecule has 3 rings (SSSR count). The number of nitrogens with one attached hydrogen (secondary N) is 1. The Hall–Kier alpha value is -1.50. The molecule has 0 unspecified atom stereocenters. The van der Waals surface area contributed by atoms with Gasteiger partial charge >= 0.3 is 0 Å². The molecule has 0 spiro atoms. The smallest absolute Gasteiger partial charge is 0.263 e. The van der Waals surface area contributed by atoms with E-state index in [1.54, 1.807) is 6.07 Å². The standard InChI is InChI=1S/C15H15Cl2N3O2S/c16-14-9-13(10-18-15(14)17)23(21,22)19-11-4-3-5-12(8-11)20-6-1-2-7-20/h3-5,8-10,19H,1-2,6-7H2. The second-order valence-corrected chi connectivity index (χ2v) is 7.74. The summed E-state index contributed by atoms with van der Waals surface area (Å²) in [5.41, 5.74) is 1.51. The number of aromatic nitrogens is 1. The van der Waals surface area contributed by atoms with E-state index in [0.29, 0.717) is 5.69 Å². The number of benzene rings is 1. The zero-order chi connectivity index (χ0) is 16.4. The van der Waals surface area contributed by atoms with E-state index in [9.17, 15) is 8.42 Å². The van der Waals surface area contributed by atoms with E-state index in [-0.39, 0.29) is 15.1 Å². The van der Waals surface area contributed by atoms with Gasteiger partial charge in [-0.3, -0.25) is 4.72 Å². The molecule has 0 saturated carbocycles. The monoisotopic (exact) mass is 371 g/mol. The quantitative estimate of drug-likeness (QED) is 0.830. The number of anilines is 2. The van der Waals surface area contributed by atoms with Crippen LogP contribution in [0.25, 0.3) is 0 Å². The van der Waals surface area contributed by atoms with Crippen molar-refractivity contribution in [1.29, 1.82) is 0 Å². The van der Waals surface area contributed by atoms with Gasteiger partial charge in [0.2, 0.25) is 0 Å². The van der Waals surface area contributed by atoms with Gasteiger partial charge < -0.3 is 4.90 Å². The zero-order valence-corrected chi connectivity index (χ0v) is 14.5. The molecule has 2 heterocycles. The number of rotatable bonds is 4. The van der Waals surface area contributed by atoms with Crippen molar-refractivity contribution >= 4 is 44.6 Å². The predicted octanol–water partition coefficient (Wildman–Crippen LogP) is 3.79. The van der Waals surface area contributed by atoms with E-state index in [2.05, 4.69) is 14.6 Å². The molecule has 1 saturated heterocycles. The molecule has 8 heteroatoms. The van der Waals surface area contributed by atoms with Crippen LogP contribution in [0.15, 0.2) is 41.4 Å². The maximum atomic E-state index is 12.4. The van der Waals surface area contributed by atoms with E-state index >= 15 is 0 Å². The van der Waals surface area contributed by atoms with Crippen LogP contribution in [0.5, 0.6) is 0 Å². The van der Waals surface area contributed by atoms with Crippen LogP contribution in [0.1, 0.15) is 12.8 Å². The highest BCUT2D eigenvalue weighted by Crippen LogP contribution is 2.26. The van der Waals surface area contributed by atoms with E-state index < -0.39 is 10.0 Å². The van der Waals surface area contributed by atoms with Crippen LogP contribution in [0.4, 0.5) is 11.4 Å². The van der Waals surface area contributed by atoms with Crippen LogP contribution in [0.2, 0.25) is 10.2 Å². The Balaban J connectivity index is 1.85. The third kappa shape index (κ3) is 3.71. The normalized spacial score (nSPS) is 15.0. The van der Waals surface area contributed by atoms with Crippen molar-refractivity contribution in [3.8, 4) is 0 Å². The van der Waals surface area contributed by atoms with Gasteiger partial charge in [0.05, 0.1) is 10.7 Å². The lowest BCUT2D eigenvalue weighted by Gasteiger charge is -2.18. The molecule has 5 nitrogen and oxygen atoms in total. The summed E-state index contributed by atoms with van der Waals surface area (Å²) < 4.78 is 27.4. The molecule has 1 aliphatic heterocycles. The molecule has 1 aromatic heterocycles. The van der Waals surface area contributed by atoms with Gasteiger partial charge in [-0.15, -0.1) is 0 Å². The second kappa shape index (κ2) is 6.55. The molecule has 0 aliphatic carbocycles. The van der Waals surface area contributed by atoms with Crippen molar-refractivity contribution in [2.45, 2.75) is 17.7 Å². The molecule has 0 radical (unpaired) electrons. The molecular formula is C15H15Cl2N3O2S. The van der Waals surface area contributed by atoms with Crippen LogP contribution >= 0.6 is 23.2 Å². The Bertz CT molecular complexity index is 821. The van der Waals surface area contributed by atoms with E-state index in [0.717, 1.165) is 31.6 Å². The topological polar surface area (TPSA) is 62.3 Å². The van der Waals surface area contributed by atoms with E-state index in [4.69, 9.17) is 23.2 Å². The summed E-state index contributed by atoms with van der Waals surface area (Å²) in [6.07, 6.45) is 3.50. The fourth-order valence-electron chi connectivity index (χ4n) is 2.51. The van der Waals surface area contributed by atoms with Crippen molar-refractivity contribution in [2.75, 3.05) is 22.7 Å². The third-order valence-corrected chi connectivity index (χ3v) is 5.69. The van der Waals surface area contributed by atoms with Crippen LogP contribution in [-0.2, 0) is 10.0 Å². The molecule has 2 aromatic rings. The molecular weight excluding hydrogens is 357 g/mol. The molecule has 0 atom stereocenters. The molecule has 122 valence electrons. The molecule has 1 aromatic carbocycles.